The van der Waals surface area contributed by atoms with Crippen molar-refractivity contribution in [2.75, 3.05) is 13.1 Å². The maximum absolute atomic E-state index is 13.7. The SMILES string of the molecule is CC[C@H](C)[C@@H]1NCCCCCCCNC(=O)[C@H](Cc2cccc(Cl)c2)NC(=O)C2(CCCC2)NC1=O. The molecule has 0 radical (unpaired) electrons. The van der Waals surface area contributed by atoms with Gasteiger partial charge in [-0.05, 0) is 55.8 Å². The van der Waals surface area contributed by atoms with Crippen molar-refractivity contribution in [1.82, 2.24) is 21.3 Å². The Kier molecular flexibility index (Phi) is 11.1. The summed E-state index contributed by atoms with van der Waals surface area (Å²) in [6.07, 6.45) is 9.17. The Bertz CT molecular complexity index is 887. The van der Waals surface area contributed by atoms with E-state index in [1.165, 1.54) is 0 Å². The number of benzene rings is 1. The van der Waals surface area contributed by atoms with Crippen LogP contribution in [0.5, 0.6) is 0 Å². The number of hydrogen-bond donors (Lipinski definition) is 4. The van der Waals surface area contributed by atoms with Crippen molar-refractivity contribution in [1.29, 1.82) is 0 Å². The Hall–Kier alpha value is -2.12. The van der Waals surface area contributed by atoms with E-state index in [0.29, 0.717) is 30.8 Å². The van der Waals surface area contributed by atoms with E-state index < -0.39 is 11.6 Å². The minimum atomic E-state index is -0.995. The zero-order valence-corrected chi connectivity index (χ0v) is 22.6. The van der Waals surface area contributed by atoms with Gasteiger partial charge in [0.25, 0.3) is 0 Å². The van der Waals surface area contributed by atoms with Gasteiger partial charge in [0.05, 0.1) is 6.04 Å². The second-order valence-electron chi connectivity index (χ2n) is 10.5. The lowest BCUT2D eigenvalue weighted by atomic mass is 9.92. The van der Waals surface area contributed by atoms with Gasteiger partial charge in [0, 0.05) is 18.0 Å². The van der Waals surface area contributed by atoms with Crippen LogP contribution in [-0.2, 0) is 20.8 Å². The molecule has 3 atom stereocenters. The van der Waals surface area contributed by atoms with E-state index in [1.54, 1.807) is 6.07 Å². The summed E-state index contributed by atoms with van der Waals surface area (Å²) in [5.41, 5.74) is -0.120. The first-order valence-corrected chi connectivity index (χ1v) is 14.1. The fourth-order valence-electron chi connectivity index (χ4n) is 5.27. The molecule has 0 aromatic heterocycles. The minimum Gasteiger partial charge on any atom is -0.354 e. The molecule has 1 aromatic carbocycles. The molecule has 2 fully saturated rings. The van der Waals surface area contributed by atoms with Gasteiger partial charge >= 0.3 is 0 Å². The average molecular weight is 519 g/mol. The summed E-state index contributed by atoms with van der Waals surface area (Å²) in [5, 5.41) is 13.2. The highest BCUT2D eigenvalue weighted by molar-refractivity contribution is 6.30. The Balaban J connectivity index is 1.85. The van der Waals surface area contributed by atoms with Crippen LogP contribution in [0.4, 0.5) is 0 Å². The fraction of sp³-hybridized carbons (Fsp3) is 0.679. The van der Waals surface area contributed by atoms with Gasteiger partial charge in [-0.1, -0.05) is 76.1 Å². The van der Waals surface area contributed by atoms with Gasteiger partial charge in [-0.15, -0.1) is 0 Å². The van der Waals surface area contributed by atoms with Crippen molar-refractivity contribution in [3.05, 3.63) is 34.9 Å². The number of rotatable bonds is 4. The third-order valence-electron chi connectivity index (χ3n) is 7.72. The zero-order chi connectivity index (χ0) is 26.0. The van der Waals surface area contributed by atoms with Gasteiger partial charge in [0.1, 0.15) is 11.6 Å². The van der Waals surface area contributed by atoms with E-state index in [-0.39, 0.29) is 29.7 Å². The number of halogens is 1. The van der Waals surface area contributed by atoms with Crippen LogP contribution in [0.15, 0.2) is 24.3 Å². The molecule has 3 rings (SSSR count). The fourth-order valence-corrected chi connectivity index (χ4v) is 5.48. The summed E-state index contributed by atoms with van der Waals surface area (Å²) < 4.78 is 0. The number of hydrogen-bond acceptors (Lipinski definition) is 4. The largest absolute Gasteiger partial charge is 0.354 e. The number of carbonyl (C=O) groups is 3. The highest BCUT2D eigenvalue weighted by Crippen LogP contribution is 2.31. The Labute approximate surface area is 220 Å². The van der Waals surface area contributed by atoms with Gasteiger partial charge in [-0.2, -0.15) is 0 Å². The lowest BCUT2D eigenvalue weighted by molar-refractivity contribution is -0.137. The van der Waals surface area contributed by atoms with Crippen LogP contribution in [0.3, 0.4) is 0 Å². The van der Waals surface area contributed by atoms with E-state index in [1.807, 2.05) is 18.2 Å². The van der Waals surface area contributed by atoms with Gasteiger partial charge in [-0.3, -0.25) is 14.4 Å². The maximum atomic E-state index is 13.7. The minimum absolute atomic E-state index is 0.124. The summed E-state index contributed by atoms with van der Waals surface area (Å²) in [6, 6.07) is 6.26. The van der Waals surface area contributed by atoms with Gasteiger partial charge < -0.3 is 21.3 Å². The molecule has 4 N–H and O–H groups in total. The van der Waals surface area contributed by atoms with Crippen LogP contribution < -0.4 is 21.3 Å². The molecule has 1 heterocycles. The quantitative estimate of drug-likeness (QED) is 0.486. The molecule has 1 aliphatic carbocycles. The Morgan fingerprint density at radius 1 is 0.972 bits per heavy atom. The molecule has 1 saturated carbocycles. The molecule has 1 aliphatic heterocycles. The van der Waals surface area contributed by atoms with Gasteiger partial charge in [-0.25, -0.2) is 0 Å². The van der Waals surface area contributed by atoms with Crippen LogP contribution >= 0.6 is 11.6 Å². The molecule has 2 aliphatic rings. The van der Waals surface area contributed by atoms with Gasteiger partial charge in [0.15, 0.2) is 0 Å². The molecule has 8 heteroatoms. The van der Waals surface area contributed by atoms with Crippen molar-refractivity contribution >= 4 is 29.3 Å². The summed E-state index contributed by atoms with van der Waals surface area (Å²) in [4.78, 5) is 40.4. The first kappa shape index (κ1) is 28.5. The van der Waals surface area contributed by atoms with Crippen LogP contribution in [0.2, 0.25) is 5.02 Å². The molecule has 3 amide bonds. The molecule has 1 saturated heterocycles. The number of amides is 3. The topological polar surface area (TPSA) is 99.3 Å². The van der Waals surface area contributed by atoms with Crippen molar-refractivity contribution in [3.8, 4) is 0 Å². The lowest BCUT2D eigenvalue weighted by Gasteiger charge is -2.34. The van der Waals surface area contributed by atoms with Crippen molar-refractivity contribution in [3.63, 3.8) is 0 Å². The summed E-state index contributed by atoms with van der Waals surface area (Å²) >= 11 is 6.17. The second kappa shape index (κ2) is 14.0. The smallest absolute Gasteiger partial charge is 0.246 e. The Morgan fingerprint density at radius 2 is 1.67 bits per heavy atom. The summed E-state index contributed by atoms with van der Waals surface area (Å²) in [5.74, 6) is -0.453. The molecule has 7 nitrogen and oxygen atoms in total. The zero-order valence-electron chi connectivity index (χ0n) is 21.8. The average Bonchev–Trinajstić information content (AvgIpc) is 3.33. The third kappa shape index (κ3) is 7.94. The first-order valence-electron chi connectivity index (χ1n) is 13.7. The molecule has 0 bridgehead atoms. The molecule has 0 unspecified atom stereocenters. The normalized spacial score (nSPS) is 25.5. The van der Waals surface area contributed by atoms with Crippen LogP contribution in [-0.4, -0.2) is 48.4 Å². The van der Waals surface area contributed by atoms with Crippen LogP contribution in [0.25, 0.3) is 0 Å². The Morgan fingerprint density at radius 3 is 2.36 bits per heavy atom. The van der Waals surface area contributed by atoms with Crippen molar-refractivity contribution in [2.24, 2.45) is 5.92 Å². The van der Waals surface area contributed by atoms with Crippen LogP contribution in [0, 0.1) is 5.92 Å². The summed E-state index contributed by atoms with van der Waals surface area (Å²) in [7, 11) is 0. The van der Waals surface area contributed by atoms with Crippen LogP contribution in [0.1, 0.15) is 83.6 Å². The monoisotopic (exact) mass is 518 g/mol. The number of nitrogens with one attached hydrogen (secondary N) is 4. The predicted octanol–water partition coefficient (Wildman–Crippen LogP) is 3.88. The molecular formula is C28H43ClN4O3. The van der Waals surface area contributed by atoms with E-state index >= 15 is 0 Å². The van der Waals surface area contributed by atoms with Crippen molar-refractivity contribution in [2.45, 2.75) is 102 Å². The number of carbonyl (C=O) groups excluding carboxylic acids is 3. The van der Waals surface area contributed by atoms with E-state index in [2.05, 4.69) is 35.1 Å². The molecule has 1 aromatic rings. The summed E-state index contributed by atoms with van der Waals surface area (Å²) in [6.45, 7) is 5.52. The molecule has 36 heavy (non-hydrogen) atoms. The van der Waals surface area contributed by atoms with E-state index in [9.17, 15) is 14.4 Å². The predicted molar refractivity (Wildman–Crippen MR) is 144 cm³/mol. The van der Waals surface area contributed by atoms with E-state index in [4.69, 9.17) is 11.6 Å². The third-order valence-corrected chi connectivity index (χ3v) is 7.95. The van der Waals surface area contributed by atoms with E-state index in [0.717, 1.165) is 63.5 Å². The second-order valence-corrected chi connectivity index (χ2v) is 11.0. The highest BCUT2D eigenvalue weighted by atomic mass is 35.5. The first-order chi connectivity index (χ1) is 17.3. The van der Waals surface area contributed by atoms with Gasteiger partial charge in [0.2, 0.25) is 17.7 Å². The highest BCUT2D eigenvalue weighted by Gasteiger charge is 2.45. The van der Waals surface area contributed by atoms with Crippen molar-refractivity contribution < 1.29 is 14.4 Å². The maximum Gasteiger partial charge on any atom is 0.246 e. The standard InChI is InChI=1S/C28H43ClN4O3/c1-3-20(2)24-26(35)33-28(14-7-8-15-28)27(36)32-23(19-21-12-11-13-22(29)18-21)25(34)31-17-10-6-4-5-9-16-30-24/h11-13,18,20,23-24,30H,3-10,14-17,19H2,1-2H3,(H,31,34)(H,32,36)(H,33,35)/t20-,23-,24-/m0/s1. The molecular weight excluding hydrogens is 476 g/mol. The lowest BCUT2D eigenvalue weighted by Crippen LogP contribution is -2.63. The molecule has 1 spiro atoms. The molecule has 200 valence electrons.